The van der Waals surface area contributed by atoms with E-state index in [1.54, 1.807) is 12.1 Å². The molecule has 0 amide bonds. The average Bonchev–Trinajstić information content (AvgIpc) is 2.47. The lowest BCUT2D eigenvalue weighted by molar-refractivity contribution is 0.411. The second-order valence-electron chi connectivity index (χ2n) is 8.51. The zero-order valence-corrected chi connectivity index (χ0v) is 17.3. The van der Waals surface area contributed by atoms with Crippen LogP contribution in [0.1, 0.15) is 52.7 Å². The van der Waals surface area contributed by atoms with Gasteiger partial charge in [0.1, 0.15) is 5.75 Å². The van der Waals surface area contributed by atoms with Crippen molar-refractivity contribution < 1.29 is 5.11 Å². The highest BCUT2D eigenvalue weighted by atomic mass is 35.5. The van der Waals surface area contributed by atoms with Gasteiger partial charge in [-0.05, 0) is 55.5 Å². The van der Waals surface area contributed by atoms with Crippen molar-refractivity contribution in [3.63, 3.8) is 0 Å². The molecule has 2 rings (SSSR count). The molecule has 2 aromatic carbocycles. The number of rotatable bonds is 3. The summed E-state index contributed by atoms with van der Waals surface area (Å²) in [6, 6.07) is 9.56. The van der Waals surface area contributed by atoms with Crippen LogP contribution in [0.5, 0.6) is 5.75 Å². The van der Waals surface area contributed by atoms with Crippen LogP contribution in [0.3, 0.4) is 0 Å². The summed E-state index contributed by atoms with van der Waals surface area (Å²) in [5.74, 6) is 0.281. The van der Waals surface area contributed by atoms with E-state index >= 15 is 0 Å². The monoisotopic (exact) mass is 379 g/mol. The van der Waals surface area contributed by atoms with Gasteiger partial charge in [-0.25, -0.2) is 0 Å². The topological polar surface area (TPSA) is 32.3 Å². The molecule has 0 spiro atoms. The summed E-state index contributed by atoms with van der Waals surface area (Å²) < 4.78 is 0. The molecule has 0 aromatic heterocycles. The Bertz CT molecular complexity index is 771. The molecule has 4 heteroatoms. The largest absolute Gasteiger partial charge is 0.507 e. The van der Waals surface area contributed by atoms with E-state index < -0.39 is 0 Å². The lowest BCUT2D eigenvalue weighted by atomic mass is 9.83. The highest BCUT2D eigenvalue weighted by Gasteiger charge is 2.20. The van der Waals surface area contributed by atoms with Crippen LogP contribution in [0.25, 0.3) is 11.1 Å². The van der Waals surface area contributed by atoms with Crippen LogP contribution in [0, 0.1) is 0 Å². The van der Waals surface area contributed by atoms with Crippen LogP contribution in [-0.2, 0) is 12.0 Å². The normalized spacial score (nSPS) is 12.5. The Kier molecular flexibility index (Phi) is 5.78. The Morgan fingerprint density at radius 1 is 0.920 bits per heavy atom. The van der Waals surface area contributed by atoms with Gasteiger partial charge in [-0.3, -0.25) is 0 Å². The number of benzene rings is 2. The first-order valence-electron chi connectivity index (χ1n) is 8.45. The third-order valence-electron chi connectivity index (χ3n) is 4.09. The minimum atomic E-state index is -0.0338. The fraction of sp³-hybridized carbons (Fsp3) is 0.429. The van der Waals surface area contributed by atoms with Gasteiger partial charge in [-0.2, -0.15) is 0 Å². The number of nitrogens with one attached hydrogen (secondary N) is 1. The number of halogens is 2. The van der Waals surface area contributed by atoms with Crippen molar-refractivity contribution in [1.82, 2.24) is 5.32 Å². The third-order valence-corrected chi connectivity index (χ3v) is 4.83. The molecule has 0 saturated carbocycles. The van der Waals surface area contributed by atoms with E-state index in [2.05, 4.69) is 52.9 Å². The summed E-state index contributed by atoms with van der Waals surface area (Å²) >= 11 is 12.2. The van der Waals surface area contributed by atoms with E-state index in [1.165, 1.54) is 0 Å². The molecule has 0 aliphatic heterocycles. The SMILES string of the molecule is CC(C)(C)NCc1cc(C(C)(C)C)cc(-c2ccc(Cl)c(Cl)c2)c1O. The molecule has 0 fully saturated rings. The Labute approximate surface area is 161 Å². The summed E-state index contributed by atoms with van der Waals surface area (Å²) in [5.41, 5.74) is 3.61. The molecule has 0 bridgehead atoms. The van der Waals surface area contributed by atoms with Crippen LogP contribution < -0.4 is 5.32 Å². The maximum atomic E-state index is 10.9. The fourth-order valence-electron chi connectivity index (χ4n) is 2.51. The molecule has 0 atom stereocenters. The summed E-state index contributed by atoms with van der Waals surface area (Å²) in [6.07, 6.45) is 0. The van der Waals surface area contributed by atoms with E-state index in [9.17, 15) is 5.11 Å². The number of hydrogen-bond acceptors (Lipinski definition) is 2. The average molecular weight is 380 g/mol. The van der Waals surface area contributed by atoms with E-state index in [0.29, 0.717) is 16.6 Å². The minimum absolute atomic E-state index is 0.0326. The van der Waals surface area contributed by atoms with Gasteiger partial charge >= 0.3 is 0 Å². The molecule has 0 saturated heterocycles. The number of aromatic hydroxyl groups is 1. The second-order valence-corrected chi connectivity index (χ2v) is 9.33. The molecule has 0 aliphatic carbocycles. The van der Waals surface area contributed by atoms with E-state index in [-0.39, 0.29) is 16.7 Å². The van der Waals surface area contributed by atoms with Gasteiger partial charge in [0.15, 0.2) is 0 Å². The van der Waals surface area contributed by atoms with Gasteiger partial charge < -0.3 is 10.4 Å². The van der Waals surface area contributed by atoms with Crippen molar-refractivity contribution >= 4 is 23.2 Å². The van der Waals surface area contributed by atoms with E-state index in [1.807, 2.05) is 12.1 Å². The maximum absolute atomic E-state index is 10.9. The molecule has 0 heterocycles. The summed E-state index contributed by atoms with van der Waals surface area (Å²) in [4.78, 5) is 0. The predicted molar refractivity (Wildman–Crippen MR) is 109 cm³/mol. The van der Waals surface area contributed by atoms with Gasteiger partial charge in [0, 0.05) is 23.2 Å². The molecule has 0 aliphatic rings. The van der Waals surface area contributed by atoms with Crippen LogP contribution in [0.2, 0.25) is 10.0 Å². The molecule has 0 unspecified atom stereocenters. The van der Waals surface area contributed by atoms with Crippen LogP contribution >= 0.6 is 23.2 Å². The van der Waals surface area contributed by atoms with E-state index in [4.69, 9.17) is 23.2 Å². The highest BCUT2D eigenvalue weighted by Crippen LogP contribution is 2.39. The first kappa shape index (κ1) is 20.1. The number of phenols is 1. The van der Waals surface area contributed by atoms with Crippen molar-refractivity contribution in [1.29, 1.82) is 0 Å². The van der Waals surface area contributed by atoms with Crippen molar-refractivity contribution in [2.24, 2.45) is 0 Å². The summed E-state index contributed by atoms with van der Waals surface area (Å²) in [6.45, 7) is 13.4. The quantitative estimate of drug-likeness (QED) is 0.633. The highest BCUT2D eigenvalue weighted by molar-refractivity contribution is 6.42. The maximum Gasteiger partial charge on any atom is 0.127 e. The van der Waals surface area contributed by atoms with Crippen molar-refractivity contribution in [3.8, 4) is 16.9 Å². The predicted octanol–water partition coefficient (Wildman–Crippen LogP) is 6.55. The molecule has 2 N–H and O–H groups in total. The molecule has 0 radical (unpaired) electrons. The molecule has 25 heavy (non-hydrogen) atoms. The van der Waals surface area contributed by atoms with Crippen LogP contribution in [0.15, 0.2) is 30.3 Å². The molecule has 136 valence electrons. The molecule has 2 nitrogen and oxygen atoms in total. The van der Waals surface area contributed by atoms with Crippen molar-refractivity contribution in [2.75, 3.05) is 0 Å². The Hall–Kier alpha value is -1.22. The van der Waals surface area contributed by atoms with Crippen molar-refractivity contribution in [2.45, 2.75) is 59.0 Å². The standard InChI is InChI=1S/C21H27Cl2NO/c1-20(2,3)15-9-14(12-24-21(4,5)6)19(25)16(11-15)13-7-8-17(22)18(23)10-13/h7-11,24-25H,12H2,1-6H3. The number of phenolic OH excluding ortho intramolecular Hbond substituents is 1. The summed E-state index contributed by atoms with van der Waals surface area (Å²) in [7, 11) is 0. The third kappa shape index (κ3) is 5.13. The van der Waals surface area contributed by atoms with Gasteiger partial charge in [0.2, 0.25) is 0 Å². The van der Waals surface area contributed by atoms with Gasteiger partial charge in [0.25, 0.3) is 0 Å². The summed E-state index contributed by atoms with van der Waals surface area (Å²) in [5, 5.41) is 15.3. The molecule has 2 aromatic rings. The van der Waals surface area contributed by atoms with Gasteiger partial charge in [0.05, 0.1) is 10.0 Å². The lowest BCUT2D eigenvalue weighted by Gasteiger charge is -2.25. The Morgan fingerprint density at radius 3 is 2.08 bits per heavy atom. The Balaban J connectivity index is 2.59. The minimum Gasteiger partial charge on any atom is -0.507 e. The first-order chi connectivity index (χ1) is 11.4. The Morgan fingerprint density at radius 2 is 1.56 bits per heavy atom. The second kappa shape index (κ2) is 7.19. The number of hydrogen-bond donors (Lipinski definition) is 2. The molecular formula is C21H27Cl2NO. The first-order valence-corrected chi connectivity index (χ1v) is 9.21. The van der Waals surface area contributed by atoms with Crippen LogP contribution in [-0.4, -0.2) is 10.6 Å². The molecular weight excluding hydrogens is 353 g/mol. The van der Waals surface area contributed by atoms with Gasteiger partial charge in [-0.15, -0.1) is 0 Å². The fourth-order valence-corrected chi connectivity index (χ4v) is 2.80. The van der Waals surface area contributed by atoms with Gasteiger partial charge in [-0.1, -0.05) is 56.1 Å². The zero-order valence-electron chi connectivity index (χ0n) is 15.8. The van der Waals surface area contributed by atoms with E-state index in [0.717, 1.165) is 22.3 Å². The zero-order chi connectivity index (χ0) is 19.0. The van der Waals surface area contributed by atoms with Crippen LogP contribution in [0.4, 0.5) is 0 Å². The lowest BCUT2D eigenvalue weighted by Crippen LogP contribution is -2.35. The van der Waals surface area contributed by atoms with Crippen molar-refractivity contribution in [3.05, 3.63) is 51.5 Å². The smallest absolute Gasteiger partial charge is 0.127 e.